The molecule has 1 aliphatic carbocycles. The van der Waals surface area contributed by atoms with Crippen molar-refractivity contribution in [1.82, 2.24) is 15.2 Å². The molecule has 2 aromatic heterocycles. The van der Waals surface area contributed by atoms with E-state index in [1.165, 1.54) is 12.0 Å². The Morgan fingerprint density at radius 2 is 1.97 bits per heavy atom. The third kappa shape index (κ3) is 6.54. The number of benzene rings is 1. The van der Waals surface area contributed by atoms with E-state index in [2.05, 4.69) is 35.4 Å². The quantitative estimate of drug-likeness (QED) is 0.459. The maximum absolute atomic E-state index is 13.7. The molecule has 1 fully saturated rings. The number of pyridine rings is 1. The summed E-state index contributed by atoms with van der Waals surface area (Å²) in [5.41, 5.74) is 3.10. The van der Waals surface area contributed by atoms with Crippen molar-refractivity contribution in [2.24, 2.45) is 0 Å². The van der Waals surface area contributed by atoms with Crippen LogP contribution in [0, 0.1) is 6.92 Å². The second kappa shape index (κ2) is 11.9. The van der Waals surface area contributed by atoms with Gasteiger partial charge in [-0.1, -0.05) is 61.2 Å². The van der Waals surface area contributed by atoms with E-state index in [0.29, 0.717) is 19.4 Å². The minimum atomic E-state index is -0.701. The van der Waals surface area contributed by atoms with Gasteiger partial charge in [0.2, 0.25) is 11.8 Å². The van der Waals surface area contributed by atoms with Crippen LogP contribution in [-0.2, 0) is 22.4 Å². The minimum Gasteiger partial charge on any atom is -0.351 e. The lowest BCUT2D eigenvalue weighted by atomic mass is 9.94. The zero-order valence-corrected chi connectivity index (χ0v) is 20.6. The number of nitrogens with one attached hydrogen (secondary N) is 1. The minimum absolute atomic E-state index is 0.0391. The number of hydrogen-bond donors (Lipinski definition) is 1. The van der Waals surface area contributed by atoms with Crippen LogP contribution in [0.2, 0.25) is 0 Å². The number of aromatic nitrogens is 1. The number of aryl methyl sites for hydroxylation is 1. The second-order valence-corrected chi connectivity index (χ2v) is 10.1. The number of hydrogen-bond acceptors (Lipinski definition) is 4. The van der Waals surface area contributed by atoms with Gasteiger partial charge in [-0.05, 0) is 49.3 Å². The first-order valence-electron chi connectivity index (χ1n) is 12.2. The van der Waals surface area contributed by atoms with Gasteiger partial charge in [-0.25, -0.2) is 0 Å². The predicted octanol–water partition coefficient (Wildman–Crippen LogP) is 5.26. The average molecular weight is 476 g/mol. The fourth-order valence-electron chi connectivity index (χ4n) is 4.72. The Hall–Kier alpha value is -2.99. The van der Waals surface area contributed by atoms with Gasteiger partial charge in [0.25, 0.3) is 0 Å². The molecule has 0 unspecified atom stereocenters. The first-order valence-corrected chi connectivity index (χ1v) is 13.1. The Balaban J connectivity index is 1.62. The maximum atomic E-state index is 13.7. The number of amides is 2. The molecule has 3 aromatic rings. The molecule has 0 aliphatic heterocycles. The summed E-state index contributed by atoms with van der Waals surface area (Å²) in [6.45, 7) is 2.53. The lowest BCUT2D eigenvalue weighted by Gasteiger charge is -2.33. The van der Waals surface area contributed by atoms with Crippen LogP contribution in [0.1, 0.15) is 59.7 Å². The number of carbonyl (C=O) groups is 2. The molecule has 2 heterocycles. The van der Waals surface area contributed by atoms with Gasteiger partial charge in [0.05, 0.1) is 6.42 Å². The number of thiophene rings is 1. The van der Waals surface area contributed by atoms with Crippen LogP contribution in [0.4, 0.5) is 0 Å². The average Bonchev–Trinajstić information content (AvgIpc) is 3.36. The first kappa shape index (κ1) is 24.1. The molecule has 0 bridgehead atoms. The summed E-state index contributed by atoms with van der Waals surface area (Å²) in [4.78, 5) is 34.4. The van der Waals surface area contributed by atoms with Crippen molar-refractivity contribution >= 4 is 23.2 Å². The van der Waals surface area contributed by atoms with Gasteiger partial charge in [0.1, 0.15) is 6.04 Å². The van der Waals surface area contributed by atoms with Crippen LogP contribution in [0.5, 0.6) is 0 Å². The summed E-state index contributed by atoms with van der Waals surface area (Å²) < 4.78 is 0. The van der Waals surface area contributed by atoms with E-state index in [1.807, 2.05) is 35.7 Å². The van der Waals surface area contributed by atoms with Gasteiger partial charge in [-0.3, -0.25) is 14.6 Å². The smallest absolute Gasteiger partial charge is 0.247 e. The number of carbonyl (C=O) groups excluding carboxylic acids is 2. The number of rotatable bonds is 9. The molecule has 5 nitrogen and oxygen atoms in total. The van der Waals surface area contributed by atoms with Gasteiger partial charge in [0.15, 0.2) is 0 Å². The van der Waals surface area contributed by atoms with E-state index in [1.54, 1.807) is 28.6 Å². The molecule has 1 atom stereocenters. The molecule has 0 saturated heterocycles. The van der Waals surface area contributed by atoms with Crippen LogP contribution >= 0.6 is 11.3 Å². The Morgan fingerprint density at radius 3 is 2.68 bits per heavy atom. The third-order valence-electron chi connectivity index (χ3n) is 6.46. The van der Waals surface area contributed by atoms with E-state index < -0.39 is 6.04 Å². The topological polar surface area (TPSA) is 62.3 Å². The molecule has 2 amide bonds. The molecule has 1 aliphatic rings. The molecule has 0 spiro atoms. The van der Waals surface area contributed by atoms with Crippen molar-refractivity contribution in [3.8, 4) is 0 Å². The highest BCUT2D eigenvalue weighted by Crippen LogP contribution is 2.25. The van der Waals surface area contributed by atoms with Crippen LogP contribution in [-0.4, -0.2) is 34.3 Å². The molecule has 34 heavy (non-hydrogen) atoms. The largest absolute Gasteiger partial charge is 0.351 e. The standard InChI is InChI=1S/C28H33N3O2S/c1-21-8-5-9-22(18-21)14-16-31(26(32)19-25-13-7-17-34-25)27(23-10-6-15-29-20-23)28(33)30-24-11-3-2-4-12-24/h5-10,13,15,17-18,20,24,27H,2-4,11-12,14,16,19H2,1H3,(H,30,33)/t27-/m0/s1. The fourth-order valence-corrected chi connectivity index (χ4v) is 5.41. The van der Waals surface area contributed by atoms with E-state index in [0.717, 1.165) is 41.7 Å². The Labute approximate surface area is 206 Å². The maximum Gasteiger partial charge on any atom is 0.247 e. The van der Waals surface area contributed by atoms with E-state index in [4.69, 9.17) is 0 Å². The Morgan fingerprint density at radius 1 is 1.12 bits per heavy atom. The van der Waals surface area contributed by atoms with Crippen LogP contribution < -0.4 is 5.32 Å². The first-order chi connectivity index (χ1) is 16.6. The SMILES string of the molecule is Cc1cccc(CCN(C(=O)Cc2cccs2)[C@H](C(=O)NC2CCCCC2)c2cccnc2)c1. The van der Waals surface area contributed by atoms with E-state index in [9.17, 15) is 9.59 Å². The van der Waals surface area contributed by atoms with Crippen molar-refractivity contribution in [1.29, 1.82) is 0 Å². The Kier molecular flexibility index (Phi) is 8.47. The highest BCUT2D eigenvalue weighted by atomic mass is 32.1. The monoisotopic (exact) mass is 475 g/mol. The zero-order valence-electron chi connectivity index (χ0n) is 19.8. The van der Waals surface area contributed by atoms with E-state index >= 15 is 0 Å². The summed E-state index contributed by atoms with van der Waals surface area (Å²) in [5.74, 6) is -0.147. The third-order valence-corrected chi connectivity index (χ3v) is 7.34. The zero-order chi connectivity index (χ0) is 23.8. The summed E-state index contributed by atoms with van der Waals surface area (Å²) in [5, 5.41) is 5.24. The summed E-state index contributed by atoms with van der Waals surface area (Å²) >= 11 is 1.57. The molecule has 0 radical (unpaired) electrons. The van der Waals surface area contributed by atoms with Crippen molar-refractivity contribution in [2.45, 2.75) is 64.0 Å². The van der Waals surface area contributed by atoms with Crippen molar-refractivity contribution in [3.63, 3.8) is 0 Å². The lowest BCUT2D eigenvalue weighted by Crippen LogP contribution is -2.48. The van der Waals surface area contributed by atoms with Gasteiger partial charge < -0.3 is 10.2 Å². The highest BCUT2D eigenvalue weighted by molar-refractivity contribution is 7.10. The molecule has 1 saturated carbocycles. The number of nitrogens with zero attached hydrogens (tertiary/aromatic N) is 2. The van der Waals surface area contributed by atoms with Gasteiger partial charge in [-0.2, -0.15) is 0 Å². The van der Waals surface area contributed by atoms with Crippen LogP contribution in [0.25, 0.3) is 0 Å². The van der Waals surface area contributed by atoms with Gasteiger partial charge in [0, 0.05) is 35.4 Å². The molecule has 6 heteroatoms. The van der Waals surface area contributed by atoms with E-state index in [-0.39, 0.29) is 17.9 Å². The molecule has 1 N–H and O–H groups in total. The molecular formula is C28H33N3O2S. The van der Waals surface area contributed by atoms with Gasteiger partial charge >= 0.3 is 0 Å². The second-order valence-electron chi connectivity index (χ2n) is 9.11. The molecule has 1 aromatic carbocycles. The van der Waals surface area contributed by atoms with Crippen molar-refractivity contribution in [3.05, 3.63) is 87.9 Å². The Bertz CT molecular complexity index is 1060. The van der Waals surface area contributed by atoms with Gasteiger partial charge in [-0.15, -0.1) is 11.3 Å². The van der Waals surface area contributed by atoms with Crippen molar-refractivity contribution < 1.29 is 9.59 Å². The van der Waals surface area contributed by atoms with Crippen LogP contribution in [0.3, 0.4) is 0 Å². The summed E-state index contributed by atoms with van der Waals surface area (Å²) in [7, 11) is 0. The molecule has 178 valence electrons. The fraction of sp³-hybridized carbons (Fsp3) is 0.393. The predicted molar refractivity (Wildman–Crippen MR) is 137 cm³/mol. The van der Waals surface area contributed by atoms with Crippen LogP contribution in [0.15, 0.2) is 66.3 Å². The molecule has 4 rings (SSSR count). The summed E-state index contributed by atoms with van der Waals surface area (Å²) in [6, 6.07) is 15.5. The lowest BCUT2D eigenvalue weighted by molar-refractivity contribution is -0.140. The normalized spacial score (nSPS) is 15.0. The molecular weight excluding hydrogens is 442 g/mol. The van der Waals surface area contributed by atoms with Crippen molar-refractivity contribution in [2.75, 3.05) is 6.54 Å². The highest BCUT2D eigenvalue weighted by Gasteiger charge is 2.33. The summed E-state index contributed by atoms with van der Waals surface area (Å²) in [6.07, 6.45) is 9.88.